The van der Waals surface area contributed by atoms with Crippen molar-refractivity contribution in [1.29, 1.82) is 5.41 Å². The Balaban J connectivity index is 2.39. The average molecular weight is 263 g/mol. The van der Waals surface area contributed by atoms with Gasteiger partial charge < -0.3 is 15.4 Å². The molecule has 0 saturated carbocycles. The fourth-order valence-electron chi connectivity index (χ4n) is 2.30. The van der Waals surface area contributed by atoms with Gasteiger partial charge in [-0.1, -0.05) is 6.92 Å². The number of hydrogen-bond donors (Lipinski definition) is 2. The van der Waals surface area contributed by atoms with Crippen molar-refractivity contribution in [3.05, 3.63) is 16.8 Å². The van der Waals surface area contributed by atoms with Gasteiger partial charge in [0.2, 0.25) is 0 Å². The van der Waals surface area contributed by atoms with E-state index in [0.29, 0.717) is 18.0 Å². The lowest BCUT2D eigenvalue weighted by Crippen LogP contribution is -2.43. The van der Waals surface area contributed by atoms with Crippen molar-refractivity contribution in [3.8, 4) is 0 Å². The van der Waals surface area contributed by atoms with Crippen molar-refractivity contribution < 1.29 is 4.74 Å². The Morgan fingerprint density at radius 3 is 2.84 bits per heavy atom. The summed E-state index contributed by atoms with van der Waals surface area (Å²) in [4.78, 5) is 2.12. The lowest BCUT2D eigenvalue weighted by Gasteiger charge is -2.34. The molecule has 19 heavy (non-hydrogen) atoms. The zero-order valence-electron chi connectivity index (χ0n) is 11.7. The van der Waals surface area contributed by atoms with E-state index in [1.54, 1.807) is 0 Å². The van der Waals surface area contributed by atoms with Crippen LogP contribution in [0, 0.1) is 19.3 Å². The molecule has 1 atom stereocenters. The normalized spacial score (nSPS) is 19.5. The van der Waals surface area contributed by atoms with Crippen LogP contribution in [0.2, 0.25) is 0 Å². The number of aryl methyl sites for hydroxylation is 1. The van der Waals surface area contributed by atoms with Gasteiger partial charge in [-0.15, -0.1) is 5.10 Å². The predicted octanol–water partition coefficient (Wildman–Crippen LogP) is 0.993. The molecule has 0 bridgehead atoms. The fourth-order valence-corrected chi connectivity index (χ4v) is 2.30. The summed E-state index contributed by atoms with van der Waals surface area (Å²) in [5.74, 6) is 0.752. The molecule has 2 heterocycles. The van der Waals surface area contributed by atoms with E-state index in [1.807, 2.05) is 13.8 Å². The minimum Gasteiger partial charge on any atom is -0.384 e. The molecule has 1 aromatic heterocycles. The quantitative estimate of drug-likeness (QED) is 0.627. The van der Waals surface area contributed by atoms with Crippen LogP contribution in [0.15, 0.2) is 0 Å². The van der Waals surface area contributed by atoms with Gasteiger partial charge in [0.15, 0.2) is 5.82 Å². The smallest absolute Gasteiger partial charge is 0.162 e. The van der Waals surface area contributed by atoms with Gasteiger partial charge in [0, 0.05) is 13.1 Å². The summed E-state index contributed by atoms with van der Waals surface area (Å²) >= 11 is 0. The molecule has 104 valence electrons. The Kier molecular flexibility index (Phi) is 3.99. The first-order valence-electron chi connectivity index (χ1n) is 6.59. The number of nitrogens with two attached hydrogens (primary N) is 1. The molecule has 0 aromatic carbocycles. The first-order valence-corrected chi connectivity index (χ1v) is 6.59. The van der Waals surface area contributed by atoms with Crippen LogP contribution in [0.25, 0.3) is 0 Å². The molecule has 1 aliphatic rings. The molecule has 6 nitrogen and oxygen atoms in total. The molecule has 1 aromatic rings. The molecule has 1 fully saturated rings. The van der Waals surface area contributed by atoms with Crippen molar-refractivity contribution in [2.45, 2.75) is 33.3 Å². The van der Waals surface area contributed by atoms with Crippen molar-refractivity contribution in [3.63, 3.8) is 0 Å². The number of hydrogen-bond acceptors (Lipinski definition) is 5. The highest BCUT2D eigenvalue weighted by Crippen LogP contribution is 2.24. The second-order valence-electron chi connectivity index (χ2n) is 4.87. The molecular formula is C13H21N5O. The first kappa shape index (κ1) is 13.7. The second-order valence-corrected chi connectivity index (χ2v) is 4.87. The standard InChI is InChI=1S/C13H21N5O/c1-4-10-7-18(5-6-19-10)13-11(12(14)15)8(2)9(3)16-17-13/h10H,4-7H2,1-3H3,(H3,14,15). The van der Waals surface area contributed by atoms with Gasteiger partial charge in [-0.3, -0.25) is 5.41 Å². The van der Waals surface area contributed by atoms with Gasteiger partial charge in [0.05, 0.1) is 24.0 Å². The van der Waals surface area contributed by atoms with Gasteiger partial charge in [0.1, 0.15) is 5.84 Å². The molecule has 1 aliphatic heterocycles. The number of nitrogens with zero attached hydrogens (tertiary/aromatic N) is 3. The van der Waals surface area contributed by atoms with Gasteiger partial charge in [-0.2, -0.15) is 5.10 Å². The van der Waals surface area contributed by atoms with Gasteiger partial charge in [0.25, 0.3) is 0 Å². The number of ether oxygens (including phenoxy) is 1. The first-order chi connectivity index (χ1) is 9.04. The molecule has 0 spiro atoms. The van der Waals surface area contributed by atoms with Crippen LogP contribution >= 0.6 is 0 Å². The third-order valence-corrected chi connectivity index (χ3v) is 3.60. The van der Waals surface area contributed by atoms with Gasteiger partial charge in [-0.05, 0) is 25.8 Å². The van der Waals surface area contributed by atoms with Crippen LogP contribution in [0.4, 0.5) is 5.82 Å². The zero-order chi connectivity index (χ0) is 14.0. The van der Waals surface area contributed by atoms with E-state index in [0.717, 1.165) is 30.8 Å². The Bertz CT molecular complexity index is 488. The van der Waals surface area contributed by atoms with Gasteiger partial charge in [-0.25, -0.2) is 0 Å². The van der Waals surface area contributed by atoms with Gasteiger partial charge >= 0.3 is 0 Å². The maximum Gasteiger partial charge on any atom is 0.162 e. The average Bonchev–Trinajstić information content (AvgIpc) is 2.41. The maximum atomic E-state index is 7.78. The molecule has 1 unspecified atom stereocenters. The summed E-state index contributed by atoms with van der Waals surface area (Å²) in [6, 6.07) is 0. The summed E-state index contributed by atoms with van der Waals surface area (Å²) in [7, 11) is 0. The van der Waals surface area contributed by atoms with E-state index in [2.05, 4.69) is 22.0 Å². The van der Waals surface area contributed by atoms with Crippen molar-refractivity contribution >= 4 is 11.7 Å². The maximum absolute atomic E-state index is 7.78. The van der Waals surface area contributed by atoms with Crippen LogP contribution in [0.1, 0.15) is 30.2 Å². The summed E-state index contributed by atoms with van der Waals surface area (Å²) in [5.41, 5.74) is 8.16. The number of amidine groups is 1. The molecule has 0 radical (unpaired) electrons. The molecule has 3 N–H and O–H groups in total. The Hall–Kier alpha value is -1.69. The van der Waals surface area contributed by atoms with E-state index in [9.17, 15) is 0 Å². The minimum atomic E-state index is 0.0463. The van der Waals surface area contributed by atoms with E-state index in [4.69, 9.17) is 15.9 Å². The largest absolute Gasteiger partial charge is 0.384 e. The minimum absolute atomic E-state index is 0.0463. The van der Waals surface area contributed by atoms with E-state index in [1.165, 1.54) is 0 Å². The number of anilines is 1. The lowest BCUT2D eigenvalue weighted by atomic mass is 10.1. The number of nitrogens with one attached hydrogen (secondary N) is 1. The number of nitrogen functional groups attached to an aromatic ring is 1. The lowest BCUT2D eigenvalue weighted by molar-refractivity contribution is 0.0381. The van der Waals surface area contributed by atoms with Crippen LogP contribution in [0.5, 0.6) is 0 Å². The third kappa shape index (κ3) is 2.68. The molecule has 0 aliphatic carbocycles. The summed E-state index contributed by atoms with van der Waals surface area (Å²) in [5, 5.41) is 16.2. The third-order valence-electron chi connectivity index (χ3n) is 3.60. The highest BCUT2D eigenvalue weighted by Gasteiger charge is 2.24. The highest BCUT2D eigenvalue weighted by molar-refractivity contribution is 6.01. The van der Waals surface area contributed by atoms with Crippen LogP contribution in [-0.4, -0.2) is 41.8 Å². The number of aromatic nitrogens is 2. The Labute approximate surface area is 113 Å². The molecule has 0 amide bonds. The monoisotopic (exact) mass is 263 g/mol. The van der Waals surface area contributed by atoms with E-state index < -0.39 is 0 Å². The molecule has 6 heteroatoms. The topological polar surface area (TPSA) is 88.1 Å². The fraction of sp³-hybridized carbons (Fsp3) is 0.615. The van der Waals surface area contributed by atoms with Crippen LogP contribution in [-0.2, 0) is 4.74 Å². The zero-order valence-corrected chi connectivity index (χ0v) is 11.7. The Morgan fingerprint density at radius 1 is 1.47 bits per heavy atom. The highest BCUT2D eigenvalue weighted by atomic mass is 16.5. The predicted molar refractivity (Wildman–Crippen MR) is 74.8 cm³/mol. The van der Waals surface area contributed by atoms with E-state index in [-0.39, 0.29) is 11.9 Å². The molecule has 1 saturated heterocycles. The summed E-state index contributed by atoms with van der Waals surface area (Å²) in [6.45, 7) is 8.12. The SMILES string of the molecule is CCC1CN(c2nnc(C)c(C)c2C(=N)N)CCO1. The number of morpholine rings is 1. The van der Waals surface area contributed by atoms with Crippen molar-refractivity contribution in [1.82, 2.24) is 10.2 Å². The Morgan fingerprint density at radius 2 is 2.21 bits per heavy atom. The summed E-state index contributed by atoms with van der Waals surface area (Å²) in [6.07, 6.45) is 1.17. The van der Waals surface area contributed by atoms with Crippen molar-refractivity contribution in [2.75, 3.05) is 24.6 Å². The van der Waals surface area contributed by atoms with E-state index >= 15 is 0 Å². The van der Waals surface area contributed by atoms with Crippen LogP contribution < -0.4 is 10.6 Å². The second kappa shape index (κ2) is 5.52. The molecule has 2 rings (SSSR count). The number of rotatable bonds is 3. The van der Waals surface area contributed by atoms with Crippen molar-refractivity contribution in [2.24, 2.45) is 5.73 Å². The summed E-state index contributed by atoms with van der Waals surface area (Å²) < 4.78 is 5.66. The molecular weight excluding hydrogens is 242 g/mol. The van der Waals surface area contributed by atoms with Crippen LogP contribution in [0.3, 0.4) is 0 Å².